The molecule has 100 valence electrons. The Hall–Kier alpha value is -0.530. The molecule has 0 heterocycles. The molecule has 1 unspecified atom stereocenters. The van der Waals surface area contributed by atoms with Crippen LogP contribution in [0.2, 0.25) is 0 Å². The van der Waals surface area contributed by atoms with Crippen molar-refractivity contribution in [3.05, 3.63) is 0 Å². The maximum atomic E-state index is 12.4. The van der Waals surface area contributed by atoms with E-state index in [4.69, 9.17) is 4.74 Å². The van der Waals surface area contributed by atoms with E-state index >= 15 is 0 Å². The SMILES string of the molecule is CC(C)(C)CC1(C(=O)OC(C)(C)C)CC1(C)C. The van der Waals surface area contributed by atoms with Gasteiger partial charge in [0.25, 0.3) is 0 Å². The molecule has 2 heteroatoms. The third-order valence-corrected chi connectivity index (χ3v) is 3.54. The van der Waals surface area contributed by atoms with Crippen LogP contribution in [0.15, 0.2) is 0 Å². The predicted octanol–water partition coefficient (Wildman–Crippen LogP) is 4.18. The Labute approximate surface area is 106 Å². The minimum Gasteiger partial charge on any atom is -0.460 e. The molecule has 0 amide bonds. The third-order valence-electron chi connectivity index (χ3n) is 3.54. The molecule has 1 fully saturated rings. The maximum absolute atomic E-state index is 12.4. The fourth-order valence-electron chi connectivity index (χ4n) is 2.71. The van der Waals surface area contributed by atoms with E-state index in [0.29, 0.717) is 0 Å². The molecule has 1 aliphatic rings. The van der Waals surface area contributed by atoms with E-state index in [2.05, 4.69) is 34.6 Å². The third kappa shape index (κ3) is 3.23. The van der Waals surface area contributed by atoms with Crippen LogP contribution >= 0.6 is 0 Å². The van der Waals surface area contributed by atoms with Crippen molar-refractivity contribution in [1.82, 2.24) is 0 Å². The normalized spacial score (nSPS) is 27.8. The molecule has 1 aliphatic carbocycles. The van der Waals surface area contributed by atoms with Gasteiger partial charge in [-0.2, -0.15) is 0 Å². The van der Waals surface area contributed by atoms with Gasteiger partial charge in [-0.15, -0.1) is 0 Å². The van der Waals surface area contributed by atoms with Gasteiger partial charge in [-0.1, -0.05) is 34.6 Å². The highest BCUT2D eigenvalue weighted by molar-refractivity contribution is 5.82. The first kappa shape index (κ1) is 14.5. The van der Waals surface area contributed by atoms with E-state index in [9.17, 15) is 4.79 Å². The van der Waals surface area contributed by atoms with Crippen molar-refractivity contribution in [1.29, 1.82) is 0 Å². The van der Waals surface area contributed by atoms with Crippen molar-refractivity contribution in [2.24, 2.45) is 16.2 Å². The average Bonchev–Trinajstić information content (AvgIpc) is 2.46. The van der Waals surface area contributed by atoms with Gasteiger partial charge in [0.05, 0.1) is 5.41 Å². The van der Waals surface area contributed by atoms with E-state index in [1.165, 1.54) is 0 Å². The standard InChI is InChI=1S/C15H28O2/c1-12(2,3)9-15(10-14(15,7)8)11(16)17-13(4,5)6/h9-10H2,1-8H3. The largest absolute Gasteiger partial charge is 0.460 e. The van der Waals surface area contributed by atoms with Crippen LogP contribution in [0.4, 0.5) is 0 Å². The van der Waals surface area contributed by atoms with Gasteiger partial charge in [0.15, 0.2) is 0 Å². The van der Waals surface area contributed by atoms with Crippen molar-refractivity contribution >= 4 is 5.97 Å². The van der Waals surface area contributed by atoms with Gasteiger partial charge < -0.3 is 4.74 Å². The number of hydrogen-bond donors (Lipinski definition) is 0. The summed E-state index contributed by atoms with van der Waals surface area (Å²) in [4.78, 5) is 12.4. The zero-order valence-electron chi connectivity index (χ0n) is 12.7. The summed E-state index contributed by atoms with van der Waals surface area (Å²) < 4.78 is 5.61. The molecular formula is C15H28O2. The van der Waals surface area contributed by atoms with Crippen molar-refractivity contribution in [2.45, 2.75) is 73.8 Å². The van der Waals surface area contributed by atoms with Crippen molar-refractivity contribution in [3.63, 3.8) is 0 Å². The molecule has 1 atom stereocenters. The molecule has 17 heavy (non-hydrogen) atoms. The highest BCUT2D eigenvalue weighted by Gasteiger charge is 2.68. The minimum atomic E-state index is -0.388. The van der Waals surface area contributed by atoms with Gasteiger partial charge >= 0.3 is 5.97 Å². The van der Waals surface area contributed by atoms with Gasteiger partial charge in [-0.05, 0) is 44.4 Å². The number of hydrogen-bond acceptors (Lipinski definition) is 2. The van der Waals surface area contributed by atoms with Crippen molar-refractivity contribution in [3.8, 4) is 0 Å². The van der Waals surface area contributed by atoms with Crippen LogP contribution in [-0.4, -0.2) is 11.6 Å². The highest BCUT2D eigenvalue weighted by atomic mass is 16.6. The van der Waals surface area contributed by atoms with Crippen LogP contribution in [-0.2, 0) is 9.53 Å². The van der Waals surface area contributed by atoms with Crippen LogP contribution in [0.25, 0.3) is 0 Å². The summed E-state index contributed by atoms with van der Waals surface area (Å²) in [6.45, 7) is 16.7. The van der Waals surface area contributed by atoms with Gasteiger partial charge in [0, 0.05) is 0 Å². The fourth-order valence-corrected chi connectivity index (χ4v) is 2.71. The monoisotopic (exact) mass is 240 g/mol. The summed E-state index contributed by atoms with van der Waals surface area (Å²) in [6, 6.07) is 0. The molecular weight excluding hydrogens is 212 g/mol. The Balaban J connectivity index is 2.86. The zero-order valence-corrected chi connectivity index (χ0v) is 12.7. The number of rotatable bonds is 2. The first-order valence-corrected chi connectivity index (χ1v) is 6.53. The summed E-state index contributed by atoms with van der Waals surface area (Å²) in [7, 11) is 0. The Morgan fingerprint density at radius 3 is 1.76 bits per heavy atom. The van der Waals surface area contributed by atoms with Crippen LogP contribution in [0.1, 0.15) is 68.2 Å². The smallest absolute Gasteiger partial charge is 0.313 e. The Bertz CT molecular complexity index is 315. The first-order chi connectivity index (χ1) is 7.29. The predicted molar refractivity (Wildman–Crippen MR) is 70.7 cm³/mol. The number of carbonyl (C=O) groups excluding carboxylic acids is 1. The lowest BCUT2D eigenvalue weighted by atomic mass is 9.79. The number of carbonyl (C=O) groups is 1. The van der Waals surface area contributed by atoms with E-state index < -0.39 is 0 Å². The second-order valence-electron chi connectivity index (χ2n) is 8.38. The first-order valence-electron chi connectivity index (χ1n) is 6.53. The molecule has 0 bridgehead atoms. The summed E-state index contributed by atoms with van der Waals surface area (Å²) in [5.41, 5.74) is -0.410. The Kier molecular flexibility index (Phi) is 3.19. The van der Waals surface area contributed by atoms with Crippen LogP contribution < -0.4 is 0 Å². The maximum Gasteiger partial charge on any atom is 0.313 e. The van der Waals surface area contributed by atoms with Gasteiger partial charge in [-0.3, -0.25) is 4.79 Å². The second-order valence-corrected chi connectivity index (χ2v) is 8.38. The summed E-state index contributed by atoms with van der Waals surface area (Å²) in [6.07, 6.45) is 1.86. The van der Waals surface area contributed by atoms with Crippen LogP contribution in [0.5, 0.6) is 0 Å². The second kappa shape index (κ2) is 3.73. The topological polar surface area (TPSA) is 26.3 Å². The molecule has 1 rings (SSSR count). The summed E-state index contributed by atoms with van der Waals surface area (Å²) in [5, 5.41) is 0. The van der Waals surface area contributed by atoms with Crippen LogP contribution in [0.3, 0.4) is 0 Å². The average molecular weight is 240 g/mol. The minimum absolute atomic E-state index is 0.00933. The Morgan fingerprint density at radius 2 is 1.53 bits per heavy atom. The molecule has 0 aliphatic heterocycles. The lowest BCUT2D eigenvalue weighted by Crippen LogP contribution is -2.34. The quantitative estimate of drug-likeness (QED) is 0.677. The zero-order chi connectivity index (χ0) is 13.7. The number of ether oxygens (including phenoxy) is 1. The van der Waals surface area contributed by atoms with Crippen molar-refractivity contribution < 1.29 is 9.53 Å². The lowest BCUT2D eigenvalue weighted by molar-refractivity contribution is -0.164. The van der Waals surface area contributed by atoms with Gasteiger partial charge in [0.2, 0.25) is 0 Å². The molecule has 0 aromatic heterocycles. The number of esters is 1. The molecule has 0 aromatic rings. The van der Waals surface area contributed by atoms with Gasteiger partial charge in [-0.25, -0.2) is 0 Å². The van der Waals surface area contributed by atoms with E-state index in [0.717, 1.165) is 12.8 Å². The highest BCUT2D eigenvalue weighted by Crippen LogP contribution is 2.68. The molecule has 1 saturated carbocycles. The van der Waals surface area contributed by atoms with E-state index in [1.807, 2.05) is 20.8 Å². The lowest BCUT2D eigenvalue weighted by Gasteiger charge is -2.30. The van der Waals surface area contributed by atoms with Gasteiger partial charge in [0.1, 0.15) is 5.60 Å². The molecule has 0 N–H and O–H groups in total. The van der Waals surface area contributed by atoms with Crippen LogP contribution in [0, 0.1) is 16.2 Å². The van der Waals surface area contributed by atoms with Crippen molar-refractivity contribution in [2.75, 3.05) is 0 Å². The molecule has 0 radical (unpaired) electrons. The Morgan fingerprint density at radius 1 is 1.12 bits per heavy atom. The van der Waals surface area contributed by atoms with E-state index in [1.54, 1.807) is 0 Å². The fraction of sp³-hybridized carbons (Fsp3) is 0.933. The van der Waals surface area contributed by atoms with E-state index in [-0.39, 0.29) is 27.8 Å². The molecule has 0 spiro atoms. The molecule has 2 nitrogen and oxygen atoms in total. The molecule has 0 aromatic carbocycles. The summed E-state index contributed by atoms with van der Waals surface area (Å²) >= 11 is 0. The summed E-state index contributed by atoms with van der Waals surface area (Å²) in [5.74, 6) is -0.00933. The molecule has 0 saturated heterocycles.